The number of aliphatic carboxylic acids is 1. The van der Waals surface area contributed by atoms with Gasteiger partial charge in [0.05, 0.1) is 0 Å². The third-order valence-corrected chi connectivity index (χ3v) is 2.21. The Hall–Kier alpha value is -1.13. The smallest absolute Gasteiger partial charge is 0.320 e. The van der Waals surface area contributed by atoms with Gasteiger partial charge >= 0.3 is 5.97 Å². The molecule has 0 bridgehead atoms. The lowest BCUT2D eigenvalue weighted by Gasteiger charge is -2.17. The summed E-state index contributed by atoms with van der Waals surface area (Å²) in [5.74, 6) is -0.733. The Bertz CT molecular complexity index is 317. The highest BCUT2D eigenvalue weighted by Gasteiger charge is 2.20. The minimum absolute atomic E-state index is 0. The van der Waals surface area contributed by atoms with E-state index < -0.39 is 12.0 Å². The molecule has 0 aromatic carbocycles. The largest absolute Gasteiger partial charge is 0.480 e. The third kappa shape index (κ3) is 4.59. The normalized spacial score (nSPS) is 11.9. The molecule has 0 saturated heterocycles. The maximum absolute atomic E-state index is 10.9. The minimum atomic E-state index is -0.806. The van der Waals surface area contributed by atoms with Gasteiger partial charge in [0.15, 0.2) is 0 Å². The monoisotopic (exact) mass is 244 g/mol. The first-order valence-electron chi connectivity index (χ1n) is 4.96. The predicted molar refractivity (Wildman–Crippen MR) is 64.6 cm³/mol. The standard InChI is InChI=1S/C11H16N2O2.ClH/c1-8(2)10(11(14)15)13-7-9-3-5-12-6-4-9;/h3-6,8,10,13H,7H2,1-2H3,(H,14,15);1H/t10-;/m1./s1. The minimum Gasteiger partial charge on any atom is -0.480 e. The first-order chi connectivity index (χ1) is 7.11. The van der Waals surface area contributed by atoms with Crippen LogP contribution >= 0.6 is 12.4 Å². The van der Waals surface area contributed by atoms with E-state index in [0.29, 0.717) is 6.54 Å². The molecule has 0 spiro atoms. The van der Waals surface area contributed by atoms with Gasteiger partial charge in [-0.15, -0.1) is 12.4 Å². The van der Waals surface area contributed by atoms with Gasteiger partial charge in [0, 0.05) is 18.9 Å². The average Bonchev–Trinajstić information content (AvgIpc) is 2.18. The van der Waals surface area contributed by atoms with E-state index in [1.165, 1.54) is 0 Å². The molecule has 1 rings (SSSR count). The number of nitrogens with one attached hydrogen (secondary N) is 1. The summed E-state index contributed by atoms with van der Waals surface area (Å²) in [5.41, 5.74) is 1.04. The highest BCUT2D eigenvalue weighted by atomic mass is 35.5. The predicted octanol–water partition coefficient (Wildman–Crippen LogP) is 1.70. The molecule has 5 heteroatoms. The number of carbonyl (C=O) groups is 1. The third-order valence-electron chi connectivity index (χ3n) is 2.21. The topological polar surface area (TPSA) is 62.2 Å². The van der Waals surface area contributed by atoms with E-state index >= 15 is 0 Å². The summed E-state index contributed by atoms with van der Waals surface area (Å²) < 4.78 is 0. The van der Waals surface area contributed by atoms with Gasteiger partial charge in [0.25, 0.3) is 0 Å². The van der Waals surface area contributed by atoms with Gasteiger partial charge in [0.2, 0.25) is 0 Å². The van der Waals surface area contributed by atoms with Crippen molar-refractivity contribution >= 4 is 18.4 Å². The highest BCUT2D eigenvalue weighted by Crippen LogP contribution is 2.03. The van der Waals surface area contributed by atoms with Crippen LogP contribution in [-0.2, 0) is 11.3 Å². The van der Waals surface area contributed by atoms with Gasteiger partial charge in [0.1, 0.15) is 6.04 Å². The SMILES string of the molecule is CC(C)[C@@H](NCc1ccncc1)C(=O)O.Cl. The molecule has 1 heterocycles. The Morgan fingerprint density at radius 2 is 2.00 bits per heavy atom. The molecule has 0 saturated carbocycles. The number of rotatable bonds is 5. The summed E-state index contributed by atoms with van der Waals surface area (Å²) in [6.07, 6.45) is 3.39. The van der Waals surface area contributed by atoms with E-state index in [1.54, 1.807) is 12.4 Å². The Labute approximate surface area is 101 Å². The zero-order valence-electron chi connectivity index (χ0n) is 9.38. The molecular formula is C11H17ClN2O2. The van der Waals surface area contributed by atoms with Crippen molar-refractivity contribution in [2.75, 3.05) is 0 Å². The van der Waals surface area contributed by atoms with Gasteiger partial charge in [-0.1, -0.05) is 13.8 Å². The number of halogens is 1. The van der Waals surface area contributed by atoms with Crippen molar-refractivity contribution in [3.8, 4) is 0 Å². The molecule has 4 nitrogen and oxygen atoms in total. The molecule has 0 aliphatic rings. The van der Waals surface area contributed by atoms with Crippen LogP contribution in [0.1, 0.15) is 19.4 Å². The van der Waals surface area contributed by atoms with Gasteiger partial charge in [-0.3, -0.25) is 9.78 Å². The van der Waals surface area contributed by atoms with Crippen LogP contribution in [0.4, 0.5) is 0 Å². The number of hydrogen-bond acceptors (Lipinski definition) is 3. The second-order valence-electron chi connectivity index (χ2n) is 3.80. The van der Waals surface area contributed by atoms with Gasteiger partial charge < -0.3 is 10.4 Å². The van der Waals surface area contributed by atoms with Gasteiger partial charge in [-0.2, -0.15) is 0 Å². The van der Waals surface area contributed by atoms with Crippen LogP contribution in [0.5, 0.6) is 0 Å². The second kappa shape index (κ2) is 7.19. The number of aromatic nitrogens is 1. The van der Waals surface area contributed by atoms with E-state index in [-0.39, 0.29) is 18.3 Å². The van der Waals surface area contributed by atoms with Crippen molar-refractivity contribution < 1.29 is 9.90 Å². The van der Waals surface area contributed by atoms with E-state index in [4.69, 9.17) is 5.11 Å². The summed E-state index contributed by atoms with van der Waals surface area (Å²) >= 11 is 0. The molecule has 0 unspecified atom stereocenters. The van der Waals surface area contributed by atoms with Crippen molar-refractivity contribution in [3.05, 3.63) is 30.1 Å². The zero-order chi connectivity index (χ0) is 11.3. The van der Waals surface area contributed by atoms with Gasteiger partial charge in [-0.25, -0.2) is 0 Å². The first kappa shape index (κ1) is 14.9. The van der Waals surface area contributed by atoms with E-state index in [1.807, 2.05) is 26.0 Å². The van der Waals surface area contributed by atoms with E-state index in [9.17, 15) is 4.79 Å². The van der Waals surface area contributed by atoms with Crippen LogP contribution in [0.2, 0.25) is 0 Å². The Morgan fingerprint density at radius 1 is 1.44 bits per heavy atom. The molecule has 1 aromatic heterocycles. The Balaban J connectivity index is 0.00000225. The van der Waals surface area contributed by atoms with Crippen LogP contribution in [0, 0.1) is 5.92 Å². The number of carboxylic acid groups (broad SMARTS) is 1. The Kier molecular flexibility index (Phi) is 6.69. The first-order valence-corrected chi connectivity index (χ1v) is 4.96. The van der Waals surface area contributed by atoms with Gasteiger partial charge in [-0.05, 0) is 23.6 Å². The average molecular weight is 245 g/mol. The molecule has 2 N–H and O–H groups in total. The fourth-order valence-corrected chi connectivity index (χ4v) is 1.34. The molecular weight excluding hydrogens is 228 g/mol. The summed E-state index contributed by atoms with van der Waals surface area (Å²) in [5, 5.41) is 12.0. The summed E-state index contributed by atoms with van der Waals surface area (Å²) in [4.78, 5) is 14.8. The van der Waals surface area contributed by atoms with Crippen molar-refractivity contribution in [2.24, 2.45) is 5.92 Å². The molecule has 90 valence electrons. The molecule has 0 amide bonds. The molecule has 0 fully saturated rings. The van der Waals surface area contributed by atoms with Crippen molar-refractivity contribution in [1.82, 2.24) is 10.3 Å². The van der Waals surface area contributed by atoms with E-state index in [2.05, 4.69) is 10.3 Å². The fourth-order valence-electron chi connectivity index (χ4n) is 1.34. The molecule has 0 aliphatic carbocycles. The fraction of sp³-hybridized carbons (Fsp3) is 0.455. The van der Waals surface area contributed by atoms with Crippen molar-refractivity contribution in [1.29, 1.82) is 0 Å². The molecule has 0 aliphatic heterocycles. The second-order valence-corrected chi connectivity index (χ2v) is 3.80. The quantitative estimate of drug-likeness (QED) is 0.828. The lowest BCUT2D eigenvalue weighted by atomic mass is 10.0. The Morgan fingerprint density at radius 3 is 2.44 bits per heavy atom. The zero-order valence-corrected chi connectivity index (χ0v) is 10.2. The summed E-state index contributed by atoms with van der Waals surface area (Å²) in [7, 11) is 0. The molecule has 1 atom stereocenters. The molecule has 1 aromatic rings. The van der Waals surface area contributed by atoms with Crippen molar-refractivity contribution in [2.45, 2.75) is 26.4 Å². The molecule has 0 radical (unpaired) electrons. The van der Waals surface area contributed by atoms with Crippen molar-refractivity contribution in [3.63, 3.8) is 0 Å². The van der Waals surface area contributed by atoms with Crippen LogP contribution in [-0.4, -0.2) is 22.1 Å². The lowest BCUT2D eigenvalue weighted by Crippen LogP contribution is -2.40. The number of carboxylic acids is 1. The van der Waals surface area contributed by atoms with Crippen LogP contribution in [0.25, 0.3) is 0 Å². The maximum Gasteiger partial charge on any atom is 0.320 e. The number of nitrogens with zero attached hydrogens (tertiary/aromatic N) is 1. The summed E-state index contributed by atoms with van der Waals surface area (Å²) in [6.45, 7) is 4.33. The lowest BCUT2D eigenvalue weighted by molar-refractivity contribution is -0.140. The van der Waals surface area contributed by atoms with Crippen LogP contribution in [0.3, 0.4) is 0 Å². The molecule has 16 heavy (non-hydrogen) atoms. The number of pyridine rings is 1. The van der Waals surface area contributed by atoms with Crippen LogP contribution in [0.15, 0.2) is 24.5 Å². The highest BCUT2D eigenvalue weighted by molar-refractivity contribution is 5.85. The maximum atomic E-state index is 10.9. The van der Waals surface area contributed by atoms with Crippen LogP contribution < -0.4 is 5.32 Å². The van der Waals surface area contributed by atoms with E-state index in [0.717, 1.165) is 5.56 Å². The summed E-state index contributed by atoms with van der Waals surface area (Å²) in [6, 6.07) is 3.23. The number of hydrogen-bond donors (Lipinski definition) is 2.